The van der Waals surface area contributed by atoms with Gasteiger partial charge in [0.05, 0.1) is 0 Å². The molecule has 0 unspecified atom stereocenters. The first kappa shape index (κ1) is 23.6. The summed E-state index contributed by atoms with van der Waals surface area (Å²) in [6, 6.07) is 0. The molecule has 0 amide bonds. The molecule has 3 heteroatoms. The summed E-state index contributed by atoms with van der Waals surface area (Å²) < 4.78 is 0. The van der Waals surface area contributed by atoms with Gasteiger partial charge >= 0.3 is 0 Å². The molecule has 24 heavy (non-hydrogen) atoms. The number of nitrogens with zero attached hydrogens (tertiary/aromatic N) is 1. The molecule has 0 aromatic heterocycles. The summed E-state index contributed by atoms with van der Waals surface area (Å²) in [5.74, 6) is 0. The molecule has 0 heterocycles. The van der Waals surface area contributed by atoms with Crippen molar-refractivity contribution in [3.05, 3.63) is 12.2 Å². The fraction of sp³-hybridized carbons (Fsp3) is 0.905. The Kier molecular flexibility index (Phi) is 18.7. The largest absolute Gasteiger partial charge is 0.367 e. The molecule has 0 saturated carbocycles. The van der Waals surface area contributed by atoms with E-state index in [0.717, 1.165) is 13.0 Å². The van der Waals surface area contributed by atoms with Gasteiger partial charge in [-0.1, -0.05) is 76.9 Å². The summed E-state index contributed by atoms with van der Waals surface area (Å²) >= 11 is 0. The number of aliphatic hydroxyl groups excluding tert-OH is 1. The van der Waals surface area contributed by atoms with Gasteiger partial charge < -0.3 is 15.1 Å². The van der Waals surface area contributed by atoms with Gasteiger partial charge in [-0.25, -0.2) is 0 Å². The van der Waals surface area contributed by atoms with Crippen LogP contribution in [0.2, 0.25) is 0 Å². The molecule has 0 rings (SSSR count). The Morgan fingerprint density at radius 1 is 0.708 bits per heavy atom. The lowest BCUT2D eigenvalue weighted by atomic mass is 10.1. The first-order chi connectivity index (χ1) is 11.7. The Hall–Kier alpha value is -0.380. The van der Waals surface area contributed by atoms with Crippen LogP contribution in [0, 0.1) is 0 Å². The van der Waals surface area contributed by atoms with E-state index in [-0.39, 0.29) is 0 Å². The van der Waals surface area contributed by atoms with Crippen LogP contribution in [0.15, 0.2) is 12.2 Å². The molecule has 0 saturated heterocycles. The molecular weight excluding hydrogens is 298 g/mol. The summed E-state index contributed by atoms with van der Waals surface area (Å²) in [6.45, 7) is 3.58. The quantitative estimate of drug-likeness (QED) is 0.203. The highest BCUT2D eigenvalue weighted by Gasteiger charge is 2.02. The van der Waals surface area contributed by atoms with Gasteiger partial charge in [0, 0.05) is 6.54 Å². The highest BCUT2D eigenvalue weighted by molar-refractivity contribution is 4.81. The van der Waals surface area contributed by atoms with Crippen molar-refractivity contribution >= 4 is 0 Å². The van der Waals surface area contributed by atoms with E-state index in [1.165, 1.54) is 83.5 Å². The number of aliphatic hydroxyl groups is 2. The van der Waals surface area contributed by atoms with Gasteiger partial charge in [-0.15, -0.1) is 0 Å². The van der Waals surface area contributed by atoms with E-state index in [1.807, 2.05) is 11.9 Å². The Labute approximate surface area is 151 Å². The summed E-state index contributed by atoms with van der Waals surface area (Å²) in [6.07, 6.45) is 22.1. The molecule has 0 aromatic rings. The van der Waals surface area contributed by atoms with E-state index in [2.05, 4.69) is 19.1 Å². The van der Waals surface area contributed by atoms with Crippen molar-refractivity contribution in [2.45, 2.75) is 103 Å². The van der Waals surface area contributed by atoms with Crippen molar-refractivity contribution in [1.29, 1.82) is 0 Å². The lowest BCUT2D eigenvalue weighted by Gasteiger charge is -2.17. The SMILES string of the molecule is CCCCCCCCC=CCCCCCCCCN(C)CC(O)O. The van der Waals surface area contributed by atoms with Gasteiger partial charge in [-0.05, 0) is 45.7 Å². The van der Waals surface area contributed by atoms with Gasteiger partial charge in [-0.2, -0.15) is 0 Å². The average molecular weight is 342 g/mol. The molecule has 2 N–H and O–H groups in total. The van der Waals surface area contributed by atoms with Crippen molar-refractivity contribution in [3.63, 3.8) is 0 Å². The number of unbranched alkanes of at least 4 members (excludes halogenated alkanes) is 12. The number of hydrogen-bond donors (Lipinski definition) is 2. The highest BCUT2D eigenvalue weighted by Crippen LogP contribution is 2.10. The van der Waals surface area contributed by atoms with Gasteiger partial charge in [-0.3, -0.25) is 0 Å². The Morgan fingerprint density at radius 2 is 1.17 bits per heavy atom. The van der Waals surface area contributed by atoms with Crippen LogP contribution >= 0.6 is 0 Å². The summed E-state index contributed by atoms with van der Waals surface area (Å²) in [7, 11) is 1.94. The van der Waals surface area contributed by atoms with Gasteiger partial charge in [0.25, 0.3) is 0 Å². The van der Waals surface area contributed by atoms with Crippen molar-refractivity contribution in [2.75, 3.05) is 20.1 Å². The topological polar surface area (TPSA) is 43.7 Å². The minimum absolute atomic E-state index is 0.352. The first-order valence-electron chi connectivity index (χ1n) is 10.4. The maximum atomic E-state index is 8.87. The number of likely N-dealkylation sites (N-methyl/N-ethyl adjacent to an activating group) is 1. The van der Waals surface area contributed by atoms with E-state index in [9.17, 15) is 0 Å². The average Bonchev–Trinajstić information content (AvgIpc) is 2.53. The zero-order valence-corrected chi connectivity index (χ0v) is 16.4. The smallest absolute Gasteiger partial charge is 0.164 e. The third-order valence-electron chi connectivity index (χ3n) is 4.53. The molecule has 0 aliphatic heterocycles. The maximum Gasteiger partial charge on any atom is 0.164 e. The van der Waals surface area contributed by atoms with Gasteiger partial charge in [0.15, 0.2) is 6.29 Å². The van der Waals surface area contributed by atoms with Crippen molar-refractivity contribution in [3.8, 4) is 0 Å². The van der Waals surface area contributed by atoms with E-state index >= 15 is 0 Å². The summed E-state index contributed by atoms with van der Waals surface area (Å²) in [5, 5.41) is 17.7. The van der Waals surface area contributed by atoms with Crippen LogP contribution in [-0.4, -0.2) is 41.5 Å². The zero-order chi connectivity index (χ0) is 17.9. The molecule has 0 aliphatic rings. The molecule has 0 radical (unpaired) electrons. The standard InChI is InChI=1S/C21H43NO2/c1-3-4-5-6-7-8-9-10-11-12-13-14-15-16-17-18-19-22(2)20-21(23)24/h10-11,21,23-24H,3-9,12-20H2,1-2H3. The molecule has 0 fully saturated rings. The Bertz CT molecular complexity index is 267. The highest BCUT2D eigenvalue weighted by atomic mass is 16.5. The third kappa shape index (κ3) is 19.7. The van der Waals surface area contributed by atoms with E-state index in [4.69, 9.17) is 10.2 Å². The maximum absolute atomic E-state index is 8.87. The Morgan fingerprint density at radius 3 is 1.67 bits per heavy atom. The normalized spacial score (nSPS) is 12.1. The zero-order valence-electron chi connectivity index (χ0n) is 16.4. The van der Waals surface area contributed by atoms with Gasteiger partial charge in [0.2, 0.25) is 0 Å². The second-order valence-electron chi connectivity index (χ2n) is 7.18. The summed E-state index contributed by atoms with van der Waals surface area (Å²) in [4.78, 5) is 1.99. The van der Waals surface area contributed by atoms with Crippen molar-refractivity contribution in [1.82, 2.24) is 4.90 Å². The van der Waals surface area contributed by atoms with Crippen molar-refractivity contribution in [2.24, 2.45) is 0 Å². The molecule has 0 aromatic carbocycles. The molecule has 0 aliphatic carbocycles. The number of hydrogen-bond acceptors (Lipinski definition) is 3. The molecule has 0 bridgehead atoms. The minimum atomic E-state index is -1.20. The molecular formula is C21H43NO2. The van der Waals surface area contributed by atoms with Crippen LogP contribution in [0.3, 0.4) is 0 Å². The first-order valence-corrected chi connectivity index (χ1v) is 10.4. The predicted molar refractivity (Wildman–Crippen MR) is 105 cm³/mol. The lowest BCUT2D eigenvalue weighted by Crippen LogP contribution is -2.29. The van der Waals surface area contributed by atoms with Gasteiger partial charge in [0.1, 0.15) is 0 Å². The van der Waals surface area contributed by atoms with Crippen LogP contribution in [0.5, 0.6) is 0 Å². The summed E-state index contributed by atoms with van der Waals surface area (Å²) in [5.41, 5.74) is 0. The van der Waals surface area contributed by atoms with E-state index in [1.54, 1.807) is 0 Å². The van der Waals surface area contributed by atoms with Crippen LogP contribution in [0.1, 0.15) is 96.8 Å². The van der Waals surface area contributed by atoms with Crippen LogP contribution in [-0.2, 0) is 0 Å². The monoisotopic (exact) mass is 341 g/mol. The van der Waals surface area contributed by atoms with E-state index in [0.29, 0.717) is 6.54 Å². The molecule has 3 nitrogen and oxygen atoms in total. The second-order valence-corrected chi connectivity index (χ2v) is 7.18. The van der Waals surface area contributed by atoms with E-state index < -0.39 is 6.29 Å². The Balaban J connectivity index is 3.15. The fourth-order valence-corrected chi connectivity index (χ4v) is 3.00. The fourth-order valence-electron chi connectivity index (χ4n) is 3.00. The lowest BCUT2D eigenvalue weighted by molar-refractivity contribution is -0.0573. The molecule has 144 valence electrons. The third-order valence-corrected chi connectivity index (χ3v) is 4.53. The molecule has 0 atom stereocenters. The number of rotatable bonds is 18. The minimum Gasteiger partial charge on any atom is -0.367 e. The molecule has 0 spiro atoms. The van der Waals surface area contributed by atoms with Crippen LogP contribution < -0.4 is 0 Å². The second kappa shape index (κ2) is 19.0. The number of allylic oxidation sites excluding steroid dienone is 2. The predicted octanol–water partition coefficient (Wildman–Crippen LogP) is 5.27. The van der Waals surface area contributed by atoms with Crippen molar-refractivity contribution < 1.29 is 10.2 Å². The van der Waals surface area contributed by atoms with Crippen LogP contribution in [0.4, 0.5) is 0 Å². The van der Waals surface area contributed by atoms with Crippen LogP contribution in [0.25, 0.3) is 0 Å².